The van der Waals surface area contributed by atoms with Gasteiger partial charge in [0.15, 0.2) is 0 Å². The SMILES string of the molecule is CCOC1CC(NC(=O)NCCCCC(=O)O)C1(C)C. The van der Waals surface area contributed by atoms with Crippen LogP contribution in [0.3, 0.4) is 0 Å². The Labute approximate surface area is 120 Å². The molecule has 3 N–H and O–H groups in total. The molecule has 1 aliphatic rings. The van der Waals surface area contributed by atoms with Gasteiger partial charge in [-0.1, -0.05) is 13.8 Å². The second-order valence-corrected chi connectivity index (χ2v) is 5.80. The number of ether oxygens (including phenoxy) is 1. The summed E-state index contributed by atoms with van der Waals surface area (Å²) in [7, 11) is 0. The van der Waals surface area contributed by atoms with Crippen molar-refractivity contribution >= 4 is 12.0 Å². The number of carboxylic acid groups (broad SMARTS) is 1. The van der Waals surface area contributed by atoms with Crippen molar-refractivity contribution in [1.29, 1.82) is 0 Å². The van der Waals surface area contributed by atoms with E-state index in [1.165, 1.54) is 0 Å². The third-order valence-corrected chi connectivity index (χ3v) is 3.95. The maximum atomic E-state index is 11.7. The van der Waals surface area contributed by atoms with Crippen molar-refractivity contribution in [2.75, 3.05) is 13.2 Å². The normalized spacial score (nSPS) is 23.8. The maximum Gasteiger partial charge on any atom is 0.315 e. The number of aliphatic carboxylic acids is 1. The molecule has 0 aliphatic heterocycles. The molecule has 2 unspecified atom stereocenters. The van der Waals surface area contributed by atoms with Crippen molar-refractivity contribution < 1.29 is 19.4 Å². The summed E-state index contributed by atoms with van der Waals surface area (Å²) in [5.74, 6) is -0.798. The van der Waals surface area contributed by atoms with Gasteiger partial charge in [0.2, 0.25) is 0 Å². The number of nitrogens with one attached hydrogen (secondary N) is 2. The van der Waals surface area contributed by atoms with Crippen LogP contribution in [0.15, 0.2) is 0 Å². The van der Waals surface area contributed by atoms with Crippen LogP contribution in [0.25, 0.3) is 0 Å². The van der Waals surface area contributed by atoms with Crippen LogP contribution in [0.2, 0.25) is 0 Å². The molecule has 1 saturated carbocycles. The first-order valence-electron chi connectivity index (χ1n) is 7.25. The highest BCUT2D eigenvalue weighted by Crippen LogP contribution is 2.42. The van der Waals surface area contributed by atoms with E-state index in [1.54, 1.807) is 0 Å². The summed E-state index contributed by atoms with van der Waals surface area (Å²) in [6.45, 7) is 7.35. The van der Waals surface area contributed by atoms with Crippen LogP contribution in [-0.2, 0) is 9.53 Å². The minimum Gasteiger partial charge on any atom is -0.481 e. The molecule has 20 heavy (non-hydrogen) atoms. The Kier molecular flexibility index (Phi) is 6.26. The predicted octanol–water partition coefficient (Wildman–Crippen LogP) is 1.74. The molecule has 2 amide bonds. The topological polar surface area (TPSA) is 87.7 Å². The Hall–Kier alpha value is -1.30. The highest BCUT2D eigenvalue weighted by Gasteiger charge is 2.49. The smallest absolute Gasteiger partial charge is 0.315 e. The number of rotatable bonds is 8. The molecule has 0 aromatic heterocycles. The number of carboxylic acids is 1. The zero-order valence-electron chi connectivity index (χ0n) is 12.6. The van der Waals surface area contributed by atoms with Crippen molar-refractivity contribution in [2.24, 2.45) is 5.41 Å². The van der Waals surface area contributed by atoms with E-state index in [0.29, 0.717) is 26.0 Å². The van der Waals surface area contributed by atoms with Crippen molar-refractivity contribution in [3.8, 4) is 0 Å². The minimum atomic E-state index is -0.798. The van der Waals surface area contributed by atoms with Gasteiger partial charge in [0.05, 0.1) is 6.10 Å². The van der Waals surface area contributed by atoms with Crippen LogP contribution < -0.4 is 10.6 Å². The Morgan fingerprint density at radius 3 is 2.60 bits per heavy atom. The third kappa shape index (κ3) is 4.67. The molecule has 0 aromatic rings. The highest BCUT2D eigenvalue weighted by molar-refractivity contribution is 5.74. The minimum absolute atomic E-state index is 0.0450. The molecule has 1 aliphatic carbocycles. The first-order chi connectivity index (χ1) is 9.37. The maximum absolute atomic E-state index is 11.7. The van der Waals surface area contributed by atoms with Gasteiger partial charge < -0.3 is 20.5 Å². The van der Waals surface area contributed by atoms with E-state index in [9.17, 15) is 9.59 Å². The molecule has 0 bridgehead atoms. The summed E-state index contributed by atoms with van der Waals surface area (Å²) in [6, 6.07) is -0.0635. The zero-order valence-corrected chi connectivity index (χ0v) is 12.6. The number of hydrogen-bond acceptors (Lipinski definition) is 3. The van der Waals surface area contributed by atoms with Gasteiger partial charge >= 0.3 is 12.0 Å². The van der Waals surface area contributed by atoms with E-state index in [0.717, 1.165) is 6.42 Å². The Morgan fingerprint density at radius 2 is 2.05 bits per heavy atom. The fourth-order valence-corrected chi connectivity index (χ4v) is 2.43. The summed E-state index contributed by atoms with van der Waals surface area (Å²) in [5.41, 5.74) is -0.0450. The van der Waals surface area contributed by atoms with Gasteiger partial charge in [0.1, 0.15) is 0 Å². The molecule has 6 heteroatoms. The van der Waals surface area contributed by atoms with Crippen LogP contribution >= 0.6 is 0 Å². The lowest BCUT2D eigenvalue weighted by molar-refractivity contribution is -0.137. The van der Waals surface area contributed by atoms with Crippen LogP contribution in [0.1, 0.15) is 46.5 Å². The number of carbonyl (C=O) groups excluding carboxylic acids is 1. The van der Waals surface area contributed by atoms with Gasteiger partial charge in [0.25, 0.3) is 0 Å². The van der Waals surface area contributed by atoms with Gasteiger partial charge in [-0.15, -0.1) is 0 Å². The first kappa shape index (κ1) is 16.8. The number of carbonyl (C=O) groups is 2. The third-order valence-electron chi connectivity index (χ3n) is 3.95. The quantitative estimate of drug-likeness (QED) is 0.593. The fraction of sp³-hybridized carbons (Fsp3) is 0.857. The summed E-state index contributed by atoms with van der Waals surface area (Å²) >= 11 is 0. The second kappa shape index (κ2) is 7.47. The number of unbranched alkanes of at least 4 members (excludes halogenated alkanes) is 1. The molecular weight excluding hydrogens is 260 g/mol. The Bertz CT molecular complexity index is 344. The molecule has 1 fully saturated rings. The van der Waals surface area contributed by atoms with Gasteiger partial charge in [-0.3, -0.25) is 4.79 Å². The van der Waals surface area contributed by atoms with Crippen molar-refractivity contribution in [3.63, 3.8) is 0 Å². The molecule has 0 radical (unpaired) electrons. The first-order valence-corrected chi connectivity index (χ1v) is 7.25. The monoisotopic (exact) mass is 286 g/mol. The highest BCUT2D eigenvalue weighted by atomic mass is 16.5. The molecule has 0 heterocycles. The predicted molar refractivity (Wildman–Crippen MR) is 75.6 cm³/mol. The zero-order chi connectivity index (χ0) is 15.2. The molecule has 0 saturated heterocycles. The molecule has 1 rings (SSSR count). The molecule has 0 spiro atoms. The van der Waals surface area contributed by atoms with Crippen molar-refractivity contribution in [3.05, 3.63) is 0 Å². The van der Waals surface area contributed by atoms with Crippen molar-refractivity contribution in [2.45, 2.75) is 58.6 Å². The number of urea groups is 1. The fourth-order valence-electron chi connectivity index (χ4n) is 2.43. The van der Waals surface area contributed by atoms with E-state index in [1.807, 2.05) is 6.92 Å². The van der Waals surface area contributed by atoms with E-state index in [4.69, 9.17) is 9.84 Å². The molecule has 6 nitrogen and oxygen atoms in total. The van der Waals surface area contributed by atoms with Gasteiger partial charge in [0, 0.05) is 31.0 Å². The number of amides is 2. The van der Waals surface area contributed by atoms with Crippen molar-refractivity contribution in [1.82, 2.24) is 10.6 Å². The van der Waals surface area contributed by atoms with E-state index in [-0.39, 0.29) is 30.0 Å². The summed E-state index contributed by atoms with van der Waals surface area (Å²) in [5, 5.41) is 14.2. The molecular formula is C14H26N2O4. The molecule has 2 atom stereocenters. The average molecular weight is 286 g/mol. The molecule has 0 aromatic carbocycles. The van der Waals surface area contributed by atoms with Gasteiger partial charge in [-0.2, -0.15) is 0 Å². The largest absolute Gasteiger partial charge is 0.481 e. The lowest BCUT2D eigenvalue weighted by atomic mass is 9.64. The van der Waals surface area contributed by atoms with Crippen LogP contribution in [0.5, 0.6) is 0 Å². The van der Waals surface area contributed by atoms with Crippen LogP contribution in [0, 0.1) is 5.41 Å². The Morgan fingerprint density at radius 1 is 1.35 bits per heavy atom. The van der Waals surface area contributed by atoms with Gasteiger partial charge in [-0.05, 0) is 26.2 Å². The van der Waals surface area contributed by atoms with E-state index in [2.05, 4.69) is 24.5 Å². The average Bonchev–Trinajstić information content (AvgIpc) is 2.37. The van der Waals surface area contributed by atoms with Gasteiger partial charge in [-0.25, -0.2) is 4.79 Å². The summed E-state index contributed by atoms with van der Waals surface area (Å²) in [6.07, 6.45) is 2.45. The lowest BCUT2D eigenvalue weighted by Gasteiger charge is -2.51. The summed E-state index contributed by atoms with van der Waals surface area (Å²) in [4.78, 5) is 22.0. The second-order valence-electron chi connectivity index (χ2n) is 5.80. The summed E-state index contributed by atoms with van der Waals surface area (Å²) < 4.78 is 5.61. The van der Waals surface area contributed by atoms with E-state index >= 15 is 0 Å². The van der Waals surface area contributed by atoms with Crippen LogP contribution in [0.4, 0.5) is 4.79 Å². The lowest BCUT2D eigenvalue weighted by Crippen LogP contribution is -2.63. The standard InChI is InChI=1S/C14H26N2O4/c1-4-20-11-9-10(14(11,2)3)16-13(19)15-8-6-5-7-12(17)18/h10-11H,4-9H2,1-3H3,(H,17,18)(H2,15,16,19). The number of hydrogen-bond donors (Lipinski definition) is 3. The van der Waals surface area contributed by atoms with Crippen LogP contribution in [-0.4, -0.2) is 42.4 Å². The molecule has 116 valence electrons. The Balaban J connectivity index is 2.16. The van der Waals surface area contributed by atoms with E-state index < -0.39 is 5.97 Å².